The molecular weight excluding hydrogens is 452 g/mol. The van der Waals surface area contributed by atoms with Crippen molar-refractivity contribution in [2.75, 3.05) is 0 Å². The molecule has 2 nitrogen and oxygen atoms in total. The van der Waals surface area contributed by atoms with E-state index in [-0.39, 0.29) is 11.9 Å². The average Bonchev–Trinajstić information content (AvgIpc) is 2.42. The van der Waals surface area contributed by atoms with Crippen LogP contribution in [0.25, 0.3) is 0 Å². The van der Waals surface area contributed by atoms with E-state index in [0.717, 1.165) is 13.6 Å². The quantitative estimate of drug-likeness (QED) is 0.622. The van der Waals surface area contributed by atoms with E-state index >= 15 is 0 Å². The Morgan fingerprint density at radius 2 is 1.90 bits per heavy atom. The second-order valence-electron chi connectivity index (χ2n) is 4.38. The van der Waals surface area contributed by atoms with Crippen molar-refractivity contribution in [3.05, 3.63) is 66.7 Å². The number of halogens is 3. The van der Waals surface area contributed by atoms with Crippen molar-refractivity contribution in [3.8, 4) is 0 Å². The molecule has 0 aliphatic carbocycles. The molecular formula is C15H12BrClINO. The van der Waals surface area contributed by atoms with Crippen LogP contribution < -0.4 is 5.32 Å². The number of rotatable bonds is 3. The van der Waals surface area contributed by atoms with Crippen LogP contribution in [0.15, 0.2) is 46.9 Å². The maximum Gasteiger partial charge on any atom is 0.251 e. The van der Waals surface area contributed by atoms with Crippen LogP contribution >= 0.6 is 50.1 Å². The zero-order valence-corrected chi connectivity index (χ0v) is 15.2. The molecule has 2 aromatic carbocycles. The summed E-state index contributed by atoms with van der Waals surface area (Å²) in [5.74, 6) is -0.126. The standard InChI is InChI=1S/C15H12BrClINO/c1-9(10-2-5-12(16)6-3-10)19-15(20)11-4-7-14(18)13(17)8-11/h2-9H,1H3,(H,19,20)/t9-/m1/s1. The lowest BCUT2D eigenvalue weighted by atomic mass is 10.1. The summed E-state index contributed by atoms with van der Waals surface area (Å²) in [6.07, 6.45) is 0. The summed E-state index contributed by atoms with van der Waals surface area (Å²) < 4.78 is 1.95. The second-order valence-corrected chi connectivity index (χ2v) is 6.86. The van der Waals surface area contributed by atoms with E-state index in [1.54, 1.807) is 12.1 Å². The van der Waals surface area contributed by atoms with Crippen LogP contribution in [0.5, 0.6) is 0 Å². The van der Waals surface area contributed by atoms with Gasteiger partial charge < -0.3 is 5.32 Å². The molecule has 2 aromatic rings. The zero-order chi connectivity index (χ0) is 14.7. The monoisotopic (exact) mass is 463 g/mol. The predicted octanol–water partition coefficient (Wildman–Crippen LogP) is 5.20. The third-order valence-corrected chi connectivity index (χ3v) is 5.00. The molecule has 0 aromatic heterocycles. The van der Waals surface area contributed by atoms with Gasteiger partial charge in [-0.05, 0) is 65.4 Å². The molecule has 0 heterocycles. The first kappa shape index (κ1) is 15.8. The molecule has 0 saturated heterocycles. The zero-order valence-electron chi connectivity index (χ0n) is 10.7. The number of benzene rings is 2. The lowest BCUT2D eigenvalue weighted by Crippen LogP contribution is -2.26. The lowest BCUT2D eigenvalue weighted by Gasteiger charge is -2.14. The third kappa shape index (κ3) is 3.96. The molecule has 0 fully saturated rings. The molecule has 0 unspecified atom stereocenters. The van der Waals surface area contributed by atoms with E-state index in [1.807, 2.05) is 37.3 Å². The Bertz CT molecular complexity index is 630. The van der Waals surface area contributed by atoms with Crippen LogP contribution in [0.1, 0.15) is 28.9 Å². The van der Waals surface area contributed by atoms with Gasteiger partial charge in [-0.2, -0.15) is 0 Å². The first-order valence-electron chi connectivity index (χ1n) is 5.99. The SMILES string of the molecule is C[C@@H](NC(=O)c1ccc(I)c(Cl)c1)c1ccc(Br)cc1. The minimum Gasteiger partial charge on any atom is -0.346 e. The van der Waals surface area contributed by atoms with Gasteiger partial charge in [-0.3, -0.25) is 4.79 Å². The smallest absolute Gasteiger partial charge is 0.251 e. The van der Waals surface area contributed by atoms with Crippen LogP contribution in [-0.2, 0) is 0 Å². The van der Waals surface area contributed by atoms with Gasteiger partial charge in [-0.1, -0.05) is 39.7 Å². The number of hydrogen-bond acceptors (Lipinski definition) is 1. The van der Waals surface area contributed by atoms with Crippen molar-refractivity contribution in [3.63, 3.8) is 0 Å². The highest BCUT2D eigenvalue weighted by molar-refractivity contribution is 14.1. The molecule has 0 saturated carbocycles. The summed E-state index contributed by atoms with van der Waals surface area (Å²) in [6, 6.07) is 13.1. The van der Waals surface area contributed by atoms with Crippen molar-refractivity contribution in [2.24, 2.45) is 0 Å². The largest absolute Gasteiger partial charge is 0.346 e. The van der Waals surface area contributed by atoms with Crippen LogP contribution in [0.3, 0.4) is 0 Å². The number of hydrogen-bond donors (Lipinski definition) is 1. The molecule has 0 spiro atoms. The Labute approximate surface area is 145 Å². The minimum absolute atomic E-state index is 0.0614. The summed E-state index contributed by atoms with van der Waals surface area (Å²) >= 11 is 11.6. The Morgan fingerprint density at radius 1 is 1.25 bits per heavy atom. The van der Waals surface area contributed by atoms with Gasteiger partial charge in [-0.15, -0.1) is 0 Å². The van der Waals surface area contributed by atoms with E-state index in [1.165, 1.54) is 0 Å². The Balaban J connectivity index is 2.10. The van der Waals surface area contributed by atoms with Crippen LogP contribution in [0.2, 0.25) is 5.02 Å². The van der Waals surface area contributed by atoms with Crippen LogP contribution in [0, 0.1) is 3.57 Å². The molecule has 1 atom stereocenters. The van der Waals surface area contributed by atoms with Crippen molar-refractivity contribution in [1.29, 1.82) is 0 Å². The fourth-order valence-electron chi connectivity index (χ4n) is 1.75. The lowest BCUT2D eigenvalue weighted by molar-refractivity contribution is 0.0940. The summed E-state index contributed by atoms with van der Waals surface area (Å²) in [5.41, 5.74) is 1.62. The molecule has 2 rings (SSSR count). The molecule has 1 N–H and O–H groups in total. The van der Waals surface area contributed by atoms with Gasteiger partial charge in [0.15, 0.2) is 0 Å². The molecule has 104 valence electrons. The highest BCUT2D eigenvalue weighted by Gasteiger charge is 2.12. The Kier molecular flexibility index (Phi) is 5.46. The van der Waals surface area contributed by atoms with E-state index in [0.29, 0.717) is 10.6 Å². The van der Waals surface area contributed by atoms with Gasteiger partial charge in [0.2, 0.25) is 0 Å². The number of carbonyl (C=O) groups is 1. The molecule has 0 aliphatic rings. The minimum atomic E-state index is -0.126. The van der Waals surface area contributed by atoms with E-state index in [2.05, 4.69) is 43.8 Å². The Hall–Kier alpha value is -0.590. The summed E-state index contributed by atoms with van der Waals surface area (Å²) in [4.78, 5) is 12.2. The van der Waals surface area contributed by atoms with E-state index < -0.39 is 0 Å². The molecule has 0 aliphatic heterocycles. The van der Waals surface area contributed by atoms with Gasteiger partial charge in [0, 0.05) is 13.6 Å². The molecule has 0 bridgehead atoms. The molecule has 5 heteroatoms. The van der Waals surface area contributed by atoms with Crippen molar-refractivity contribution in [2.45, 2.75) is 13.0 Å². The van der Waals surface area contributed by atoms with Gasteiger partial charge in [-0.25, -0.2) is 0 Å². The van der Waals surface area contributed by atoms with E-state index in [9.17, 15) is 4.79 Å². The highest BCUT2D eigenvalue weighted by atomic mass is 127. The van der Waals surface area contributed by atoms with Crippen LogP contribution in [0.4, 0.5) is 0 Å². The van der Waals surface area contributed by atoms with E-state index in [4.69, 9.17) is 11.6 Å². The van der Waals surface area contributed by atoms with Crippen molar-refractivity contribution in [1.82, 2.24) is 5.32 Å². The van der Waals surface area contributed by atoms with Crippen molar-refractivity contribution < 1.29 is 4.79 Å². The second kappa shape index (κ2) is 6.91. The number of carbonyl (C=O) groups excluding carboxylic acids is 1. The highest BCUT2D eigenvalue weighted by Crippen LogP contribution is 2.21. The summed E-state index contributed by atoms with van der Waals surface area (Å²) in [7, 11) is 0. The fraction of sp³-hybridized carbons (Fsp3) is 0.133. The summed E-state index contributed by atoms with van der Waals surface area (Å²) in [6.45, 7) is 1.95. The summed E-state index contributed by atoms with van der Waals surface area (Å²) in [5, 5.41) is 3.56. The van der Waals surface area contributed by atoms with Gasteiger partial charge in [0.05, 0.1) is 11.1 Å². The normalized spacial score (nSPS) is 12.0. The molecule has 20 heavy (non-hydrogen) atoms. The maximum atomic E-state index is 12.2. The Morgan fingerprint density at radius 3 is 2.50 bits per heavy atom. The maximum absolute atomic E-state index is 12.2. The predicted molar refractivity (Wildman–Crippen MR) is 94.2 cm³/mol. The molecule has 1 amide bonds. The van der Waals surface area contributed by atoms with Crippen LogP contribution in [-0.4, -0.2) is 5.91 Å². The first-order valence-corrected chi connectivity index (χ1v) is 8.23. The average molecular weight is 465 g/mol. The van der Waals surface area contributed by atoms with Crippen molar-refractivity contribution >= 4 is 56.0 Å². The third-order valence-electron chi connectivity index (χ3n) is 2.90. The molecule has 0 radical (unpaired) electrons. The fourth-order valence-corrected chi connectivity index (χ4v) is 2.53. The van der Waals surface area contributed by atoms with Gasteiger partial charge >= 0.3 is 0 Å². The van der Waals surface area contributed by atoms with Gasteiger partial charge in [0.1, 0.15) is 0 Å². The number of amides is 1. The topological polar surface area (TPSA) is 29.1 Å². The number of nitrogens with one attached hydrogen (secondary N) is 1. The van der Waals surface area contributed by atoms with Gasteiger partial charge in [0.25, 0.3) is 5.91 Å². The first-order chi connectivity index (χ1) is 9.47.